The highest BCUT2D eigenvalue weighted by molar-refractivity contribution is 6.39. The van der Waals surface area contributed by atoms with Crippen LogP contribution in [0.15, 0.2) is 39.7 Å². The maximum Gasteiger partial charge on any atom is 0.314 e. The standard InChI is InChI=1S/C13H16N4O4/c1-17(2)9(10-4-3-6-20-10)8-14-12(18)13(19)15-11-5-7-21-16-11/h3-7,9H,8H2,1-2H3,(H,14,18)(H,15,16,19). The highest BCUT2D eigenvalue weighted by Crippen LogP contribution is 2.17. The first kappa shape index (κ1) is 14.8. The molecule has 0 aliphatic rings. The number of furan rings is 1. The minimum atomic E-state index is -0.805. The summed E-state index contributed by atoms with van der Waals surface area (Å²) in [6.45, 7) is 0.242. The minimum Gasteiger partial charge on any atom is -0.468 e. The van der Waals surface area contributed by atoms with E-state index in [1.165, 1.54) is 12.3 Å². The first-order chi connectivity index (χ1) is 10.1. The van der Waals surface area contributed by atoms with E-state index in [0.717, 1.165) is 0 Å². The summed E-state index contributed by atoms with van der Waals surface area (Å²) in [4.78, 5) is 25.3. The number of amides is 2. The van der Waals surface area contributed by atoms with Gasteiger partial charge in [0.25, 0.3) is 0 Å². The summed E-state index contributed by atoms with van der Waals surface area (Å²) in [6.07, 6.45) is 2.86. The second-order valence-electron chi connectivity index (χ2n) is 4.54. The third-order valence-corrected chi connectivity index (χ3v) is 2.84. The van der Waals surface area contributed by atoms with E-state index in [4.69, 9.17) is 4.42 Å². The molecule has 2 heterocycles. The van der Waals surface area contributed by atoms with Crippen molar-refractivity contribution >= 4 is 17.6 Å². The zero-order valence-corrected chi connectivity index (χ0v) is 11.7. The first-order valence-corrected chi connectivity index (χ1v) is 6.27. The number of rotatable bonds is 5. The summed E-state index contributed by atoms with van der Waals surface area (Å²) in [5, 5.41) is 8.36. The number of hydrogen-bond acceptors (Lipinski definition) is 6. The monoisotopic (exact) mass is 292 g/mol. The van der Waals surface area contributed by atoms with E-state index in [0.29, 0.717) is 5.76 Å². The fourth-order valence-corrected chi connectivity index (χ4v) is 1.74. The lowest BCUT2D eigenvalue weighted by Crippen LogP contribution is -2.40. The molecule has 8 heteroatoms. The van der Waals surface area contributed by atoms with E-state index < -0.39 is 11.8 Å². The molecule has 21 heavy (non-hydrogen) atoms. The van der Waals surface area contributed by atoms with Crippen molar-refractivity contribution in [1.29, 1.82) is 0 Å². The van der Waals surface area contributed by atoms with Crippen LogP contribution in [0.1, 0.15) is 11.8 Å². The number of nitrogens with zero attached hydrogens (tertiary/aromatic N) is 2. The molecule has 0 aliphatic heterocycles. The van der Waals surface area contributed by atoms with Crippen LogP contribution >= 0.6 is 0 Å². The molecule has 0 radical (unpaired) electrons. The van der Waals surface area contributed by atoms with Gasteiger partial charge in [-0.15, -0.1) is 0 Å². The van der Waals surface area contributed by atoms with Crippen molar-refractivity contribution in [1.82, 2.24) is 15.4 Å². The summed E-state index contributed by atoms with van der Waals surface area (Å²) >= 11 is 0. The largest absolute Gasteiger partial charge is 0.468 e. The Morgan fingerprint density at radius 2 is 2.10 bits per heavy atom. The first-order valence-electron chi connectivity index (χ1n) is 6.27. The predicted octanol–water partition coefficient (Wildman–Crippen LogP) is 0.625. The lowest BCUT2D eigenvalue weighted by Gasteiger charge is -2.22. The Kier molecular flexibility index (Phi) is 4.72. The highest BCUT2D eigenvalue weighted by Gasteiger charge is 2.20. The molecule has 2 aromatic rings. The van der Waals surface area contributed by atoms with Crippen molar-refractivity contribution in [3.8, 4) is 0 Å². The van der Waals surface area contributed by atoms with Crippen molar-refractivity contribution in [2.45, 2.75) is 6.04 Å². The molecule has 0 aromatic carbocycles. The van der Waals surface area contributed by atoms with E-state index in [9.17, 15) is 9.59 Å². The van der Waals surface area contributed by atoms with E-state index in [-0.39, 0.29) is 18.4 Å². The average Bonchev–Trinajstić information content (AvgIpc) is 3.11. The molecule has 0 spiro atoms. The second kappa shape index (κ2) is 6.71. The SMILES string of the molecule is CN(C)C(CNC(=O)C(=O)Nc1ccon1)c1ccco1. The molecule has 2 rings (SSSR count). The fraction of sp³-hybridized carbons (Fsp3) is 0.308. The van der Waals surface area contributed by atoms with Gasteiger partial charge in [-0.3, -0.25) is 19.8 Å². The molecule has 0 fully saturated rings. The third-order valence-electron chi connectivity index (χ3n) is 2.84. The third kappa shape index (κ3) is 3.93. The number of hydrogen-bond donors (Lipinski definition) is 2. The molecular weight excluding hydrogens is 276 g/mol. The molecule has 0 aliphatic carbocycles. The number of aromatic nitrogens is 1. The minimum absolute atomic E-state index is 0.163. The zero-order chi connectivity index (χ0) is 15.2. The van der Waals surface area contributed by atoms with E-state index in [1.807, 2.05) is 25.1 Å². The second-order valence-corrected chi connectivity index (χ2v) is 4.54. The Labute approximate surface area is 121 Å². The van der Waals surface area contributed by atoms with Crippen LogP contribution in [0.4, 0.5) is 5.82 Å². The van der Waals surface area contributed by atoms with Gasteiger partial charge in [0, 0.05) is 12.6 Å². The van der Waals surface area contributed by atoms with Crippen molar-refractivity contribution in [3.05, 3.63) is 36.5 Å². The van der Waals surface area contributed by atoms with Gasteiger partial charge in [-0.25, -0.2) is 0 Å². The van der Waals surface area contributed by atoms with Crippen molar-refractivity contribution < 1.29 is 18.5 Å². The van der Waals surface area contributed by atoms with Gasteiger partial charge in [-0.05, 0) is 26.2 Å². The molecule has 8 nitrogen and oxygen atoms in total. The van der Waals surface area contributed by atoms with Gasteiger partial charge >= 0.3 is 11.8 Å². The van der Waals surface area contributed by atoms with Crippen molar-refractivity contribution in [2.75, 3.05) is 26.0 Å². The van der Waals surface area contributed by atoms with E-state index >= 15 is 0 Å². The molecule has 0 saturated heterocycles. The molecular formula is C13H16N4O4. The summed E-state index contributed by atoms with van der Waals surface area (Å²) < 4.78 is 9.88. The normalized spacial score (nSPS) is 12.1. The van der Waals surface area contributed by atoms with Gasteiger partial charge in [0.15, 0.2) is 5.82 Å². The maximum absolute atomic E-state index is 11.7. The Bertz CT molecular complexity index is 577. The van der Waals surface area contributed by atoms with Crippen LogP contribution in [0.2, 0.25) is 0 Å². The lowest BCUT2D eigenvalue weighted by molar-refractivity contribution is -0.136. The lowest BCUT2D eigenvalue weighted by atomic mass is 10.2. The highest BCUT2D eigenvalue weighted by atomic mass is 16.5. The van der Waals surface area contributed by atoms with Crippen LogP contribution in [-0.4, -0.2) is 42.5 Å². The van der Waals surface area contributed by atoms with Crippen LogP contribution in [0.3, 0.4) is 0 Å². The molecule has 1 unspecified atom stereocenters. The molecule has 112 valence electrons. The van der Waals surface area contributed by atoms with Gasteiger partial charge in [0.2, 0.25) is 0 Å². The fourth-order valence-electron chi connectivity index (χ4n) is 1.74. The van der Waals surface area contributed by atoms with Crippen LogP contribution in [0.5, 0.6) is 0 Å². The molecule has 2 amide bonds. The van der Waals surface area contributed by atoms with Crippen LogP contribution in [-0.2, 0) is 9.59 Å². The summed E-state index contributed by atoms with van der Waals surface area (Å²) in [7, 11) is 3.71. The number of anilines is 1. The number of carbonyl (C=O) groups excluding carboxylic acids is 2. The number of nitrogens with one attached hydrogen (secondary N) is 2. The molecule has 2 aromatic heterocycles. The molecule has 0 bridgehead atoms. The number of likely N-dealkylation sites (N-methyl/N-ethyl adjacent to an activating group) is 1. The average molecular weight is 292 g/mol. The van der Waals surface area contributed by atoms with Gasteiger partial charge < -0.3 is 14.3 Å². The molecule has 2 N–H and O–H groups in total. The zero-order valence-electron chi connectivity index (χ0n) is 11.7. The summed E-state index contributed by atoms with van der Waals surface area (Å²) in [5.74, 6) is -0.667. The topological polar surface area (TPSA) is 101 Å². The van der Waals surface area contributed by atoms with E-state index in [1.54, 1.807) is 12.3 Å². The van der Waals surface area contributed by atoms with Gasteiger partial charge in [-0.1, -0.05) is 5.16 Å². The van der Waals surface area contributed by atoms with Crippen molar-refractivity contribution in [2.24, 2.45) is 0 Å². The Morgan fingerprint density at radius 1 is 1.29 bits per heavy atom. The molecule has 1 atom stereocenters. The summed E-state index contributed by atoms with van der Waals surface area (Å²) in [5.41, 5.74) is 0. The van der Waals surface area contributed by atoms with Crippen LogP contribution in [0.25, 0.3) is 0 Å². The Balaban J connectivity index is 1.88. The Morgan fingerprint density at radius 3 is 2.67 bits per heavy atom. The summed E-state index contributed by atoms with van der Waals surface area (Å²) in [6, 6.07) is 4.86. The number of carbonyl (C=O) groups is 2. The van der Waals surface area contributed by atoms with E-state index in [2.05, 4.69) is 20.3 Å². The van der Waals surface area contributed by atoms with Gasteiger partial charge in [0.1, 0.15) is 12.0 Å². The van der Waals surface area contributed by atoms with Crippen LogP contribution in [0, 0.1) is 0 Å². The smallest absolute Gasteiger partial charge is 0.314 e. The quantitative estimate of drug-likeness (QED) is 0.784. The van der Waals surface area contributed by atoms with Gasteiger partial charge in [0.05, 0.1) is 12.3 Å². The molecule has 0 saturated carbocycles. The Hall–Kier alpha value is -2.61. The van der Waals surface area contributed by atoms with Crippen molar-refractivity contribution in [3.63, 3.8) is 0 Å². The van der Waals surface area contributed by atoms with Crippen LogP contribution < -0.4 is 10.6 Å². The predicted molar refractivity (Wildman–Crippen MR) is 73.3 cm³/mol. The maximum atomic E-state index is 11.7. The van der Waals surface area contributed by atoms with Gasteiger partial charge in [-0.2, -0.15) is 0 Å².